The molecule has 0 atom stereocenters. The van der Waals surface area contributed by atoms with Crippen LogP contribution in [0.1, 0.15) is 0 Å². The number of nitrogens with zero attached hydrogens (tertiary/aromatic N) is 4. The second kappa shape index (κ2) is 11.5. The van der Waals surface area contributed by atoms with Crippen LogP contribution >= 0.6 is 0 Å². The molecule has 1 aromatic rings. The lowest BCUT2D eigenvalue weighted by molar-refractivity contribution is -0.686. The van der Waals surface area contributed by atoms with Gasteiger partial charge in [0.1, 0.15) is 18.9 Å². The number of aryl methyl sites for hydroxylation is 1. The first-order valence-electron chi connectivity index (χ1n) is 3.97. The number of imidazole rings is 1. The van der Waals surface area contributed by atoms with E-state index in [1.165, 1.54) is 12.4 Å². The van der Waals surface area contributed by atoms with Crippen molar-refractivity contribution in [3.63, 3.8) is 0 Å². The molecule has 0 aromatic carbocycles. The number of hydrogen-bond acceptors (Lipinski definition) is 4. The van der Waals surface area contributed by atoms with Crippen LogP contribution in [0.5, 0.6) is 0 Å². The molecule has 1 rings (SSSR count). The first-order chi connectivity index (χ1) is 7.15. The third kappa shape index (κ3) is 11.5. The topological polar surface area (TPSA) is 108 Å². The van der Waals surface area contributed by atoms with Gasteiger partial charge in [0.05, 0.1) is 7.05 Å². The van der Waals surface area contributed by atoms with Gasteiger partial charge in [0.2, 0.25) is 6.33 Å². The summed E-state index contributed by atoms with van der Waals surface area (Å²) >= 11 is 0. The molecule has 0 radical (unpaired) electrons. The summed E-state index contributed by atoms with van der Waals surface area (Å²) in [4.78, 5) is 0. The smallest absolute Gasteiger partial charge is 0.243 e. The first kappa shape index (κ1) is 15.0. The molecule has 0 amide bonds. The van der Waals surface area contributed by atoms with Crippen molar-refractivity contribution in [1.29, 1.82) is 10.5 Å². The van der Waals surface area contributed by atoms with E-state index in [0.29, 0.717) is 0 Å². The Kier molecular flexibility index (Phi) is 11.5. The predicted octanol–water partition coefficient (Wildman–Crippen LogP) is -0.649. The Morgan fingerprint density at radius 2 is 1.93 bits per heavy atom. The van der Waals surface area contributed by atoms with Crippen LogP contribution in [-0.2, 0) is 13.6 Å². The van der Waals surface area contributed by atoms with Gasteiger partial charge >= 0.3 is 0 Å². The van der Waals surface area contributed by atoms with Crippen molar-refractivity contribution >= 4 is 0 Å². The Bertz CT molecular complexity index is 328. The fourth-order valence-electron chi connectivity index (χ4n) is 0.759. The van der Waals surface area contributed by atoms with Crippen molar-refractivity contribution in [1.82, 2.24) is 4.57 Å². The first-order valence-corrected chi connectivity index (χ1v) is 3.97. The molecule has 1 heterocycles. The molecule has 0 spiro atoms. The minimum absolute atomic E-state index is 0.890. The van der Waals surface area contributed by atoms with E-state index in [-0.39, 0.29) is 0 Å². The van der Waals surface area contributed by atoms with E-state index >= 15 is 0 Å². The third-order valence-electron chi connectivity index (χ3n) is 1.16. The second-order valence-electron chi connectivity index (χ2n) is 2.32. The van der Waals surface area contributed by atoms with E-state index in [1.54, 1.807) is 0 Å². The molecule has 0 saturated heterocycles. The Hall–Kier alpha value is -2.47. The van der Waals surface area contributed by atoms with Gasteiger partial charge < -0.3 is 11.5 Å². The summed E-state index contributed by atoms with van der Waals surface area (Å²) in [6.07, 6.45) is 10.4. The number of hydrogen-bond donors (Lipinski definition) is 2. The predicted molar refractivity (Wildman–Crippen MR) is 55.4 cm³/mol. The molecule has 1 aromatic heterocycles. The maximum absolute atomic E-state index is 7.10. The molecular formula is C9H15N6+. The zero-order chi connectivity index (χ0) is 12.1. The zero-order valence-electron chi connectivity index (χ0n) is 8.67. The monoisotopic (exact) mass is 207 g/mol. The van der Waals surface area contributed by atoms with Crippen LogP contribution in [0.15, 0.2) is 31.4 Å². The Morgan fingerprint density at radius 1 is 1.47 bits per heavy atom. The lowest BCUT2D eigenvalue weighted by Crippen LogP contribution is -2.29. The summed E-state index contributed by atoms with van der Waals surface area (Å²) in [5.41, 5.74) is 8.31. The molecule has 0 unspecified atom stereocenters. The van der Waals surface area contributed by atoms with E-state index in [2.05, 4.69) is 22.6 Å². The summed E-state index contributed by atoms with van der Waals surface area (Å²) in [7, 11) is 2.00. The van der Waals surface area contributed by atoms with Gasteiger partial charge in [-0.05, 0) is 0 Å². The van der Waals surface area contributed by atoms with Gasteiger partial charge in [-0.25, -0.2) is 9.13 Å². The van der Waals surface area contributed by atoms with Gasteiger partial charge in [0.15, 0.2) is 12.4 Å². The summed E-state index contributed by atoms with van der Waals surface area (Å²) in [6, 6.07) is 0. The molecular weight excluding hydrogens is 192 g/mol. The molecule has 6 nitrogen and oxygen atoms in total. The number of nitriles is 2. The second-order valence-corrected chi connectivity index (χ2v) is 2.32. The van der Waals surface area contributed by atoms with Crippen molar-refractivity contribution in [3.8, 4) is 12.4 Å². The van der Waals surface area contributed by atoms with Crippen LogP contribution in [0.3, 0.4) is 0 Å². The normalized spacial score (nSPS) is 6.60. The number of aromatic nitrogens is 2. The van der Waals surface area contributed by atoms with E-state index in [4.69, 9.17) is 10.5 Å². The van der Waals surface area contributed by atoms with Crippen molar-refractivity contribution in [3.05, 3.63) is 31.4 Å². The molecule has 15 heavy (non-hydrogen) atoms. The third-order valence-corrected chi connectivity index (χ3v) is 1.16. The van der Waals surface area contributed by atoms with Gasteiger partial charge in [-0.15, -0.1) is 0 Å². The SMILES string of the molecule is C=CC[n+]1ccn(C)c1.N#CN.N#CN. The van der Waals surface area contributed by atoms with E-state index < -0.39 is 0 Å². The number of allylic oxidation sites excluding steroid dienone is 1. The largest absolute Gasteiger partial charge is 0.337 e. The average molecular weight is 207 g/mol. The summed E-state index contributed by atoms with van der Waals surface area (Å²) in [5, 5.41) is 14.2. The summed E-state index contributed by atoms with van der Waals surface area (Å²) in [6.45, 7) is 4.52. The Morgan fingerprint density at radius 3 is 2.20 bits per heavy atom. The van der Waals surface area contributed by atoms with Gasteiger partial charge in [0, 0.05) is 0 Å². The molecule has 4 N–H and O–H groups in total. The van der Waals surface area contributed by atoms with Crippen LogP contribution < -0.4 is 16.0 Å². The van der Waals surface area contributed by atoms with E-state index in [1.807, 2.05) is 36.4 Å². The highest BCUT2D eigenvalue weighted by Gasteiger charge is 1.93. The quantitative estimate of drug-likeness (QED) is 0.291. The van der Waals surface area contributed by atoms with Gasteiger partial charge in [-0.1, -0.05) is 12.7 Å². The van der Waals surface area contributed by atoms with Crippen LogP contribution in [0.25, 0.3) is 0 Å². The lowest BCUT2D eigenvalue weighted by Gasteiger charge is -1.83. The maximum Gasteiger partial charge on any atom is 0.243 e. The molecule has 0 aliphatic rings. The fraction of sp³-hybridized carbons (Fsp3) is 0.222. The molecule has 0 saturated carbocycles. The van der Waals surface area contributed by atoms with Gasteiger partial charge in [0.25, 0.3) is 0 Å². The van der Waals surface area contributed by atoms with Crippen molar-refractivity contribution in [2.75, 3.05) is 0 Å². The van der Waals surface area contributed by atoms with Crippen molar-refractivity contribution in [2.24, 2.45) is 18.5 Å². The standard InChI is InChI=1S/C7H11N2.2CH2N2/c1-3-4-9-6-5-8(2)7-9;2*2-1-3/h3,5-7H,1,4H2,2H3;2*2H2/q+1;;. The highest BCUT2D eigenvalue weighted by molar-refractivity contribution is 4.65. The molecule has 80 valence electrons. The molecule has 0 bridgehead atoms. The van der Waals surface area contributed by atoms with E-state index in [9.17, 15) is 0 Å². The molecule has 6 heteroatoms. The number of rotatable bonds is 2. The molecule has 0 aliphatic carbocycles. The zero-order valence-corrected chi connectivity index (χ0v) is 8.67. The van der Waals surface area contributed by atoms with Gasteiger partial charge in [-0.2, -0.15) is 10.5 Å². The van der Waals surface area contributed by atoms with Crippen LogP contribution in [0.4, 0.5) is 0 Å². The van der Waals surface area contributed by atoms with Crippen LogP contribution in [0, 0.1) is 22.9 Å². The highest BCUT2D eigenvalue weighted by atomic mass is 15.1. The minimum atomic E-state index is 0.890. The van der Waals surface area contributed by atoms with Crippen LogP contribution in [-0.4, -0.2) is 4.57 Å². The molecule has 0 fully saturated rings. The molecule has 0 aliphatic heterocycles. The summed E-state index contributed by atoms with van der Waals surface area (Å²) < 4.78 is 4.07. The highest BCUT2D eigenvalue weighted by Crippen LogP contribution is 1.76. The van der Waals surface area contributed by atoms with E-state index in [0.717, 1.165) is 6.54 Å². The minimum Gasteiger partial charge on any atom is -0.337 e. The lowest BCUT2D eigenvalue weighted by atomic mass is 10.6. The van der Waals surface area contributed by atoms with Gasteiger partial charge in [-0.3, -0.25) is 0 Å². The average Bonchev–Trinajstić information content (AvgIpc) is 2.55. The number of nitrogens with two attached hydrogens (primary N) is 2. The van der Waals surface area contributed by atoms with Crippen molar-refractivity contribution < 1.29 is 4.57 Å². The Labute approximate surface area is 89.3 Å². The maximum atomic E-state index is 7.10. The fourth-order valence-corrected chi connectivity index (χ4v) is 0.759. The van der Waals surface area contributed by atoms with Crippen LogP contribution in [0.2, 0.25) is 0 Å². The van der Waals surface area contributed by atoms with Crippen molar-refractivity contribution in [2.45, 2.75) is 6.54 Å². The Balaban J connectivity index is 0. The summed E-state index contributed by atoms with van der Waals surface area (Å²) in [5.74, 6) is 0.